The average Bonchev–Trinajstić information content (AvgIpc) is 2.63. The van der Waals surface area contributed by atoms with E-state index in [0.29, 0.717) is 12.0 Å². The third kappa shape index (κ3) is 7.89. The Morgan fingerprint density at radius 1 is 1.30 bits per heavy atom. The first-order valence-corrected chi connectivity index (χ1v) is 11.1. The van der Waals surface area contributed by atoms with Crippen molar-refractivity contribution in [1.29, 1.82) is 0 Å². The van der Waals surface area contributed by atoms with Gasteiger partial charge in [0.05, 0.1) is 12.7 Å². The molecule has 0 spiro atoms. The maximum Gasteiger partial charge on any atom is 0.408 e. The van der Waals surface area contributed by atoms with Crippen LogP contribution in [0, 0.1) is 0 Å². The summed E-state index contributed by atoms with van der Waals surface area (Å²) in [6.07, 6.45) is 0.657. The number of nitrogens with one attached hydrogen (secondary N) is 1. The molecule has 1 saturated heterocycles. The van der Waals surface area contributed by atoms with Crippen molar-refractivity contribution in [3.63, 3.8) is 0 Å². The van der Waals surface area contributed by atoms with Gasteiger partial charge in [-0.3, -0.25) is 0 Å². The Bertz CT molecular complexity index is 720. The molecule has 1 fully saturated rings. The Morgan fingerprint density at radius 2 is 2.03 bits per heavy atom. The van der Waals surface area contributed by atoms with Crippen LogP contribution in [0.2, 0.25) is 0 Å². The smallest absolute Gasteiger partial charge is 0.408 e. The minimum absolute atomic E-state index is 0.0618. The van der Waals surface area contributed by atoms with Crippen molar-refractivity contribution >= 4 is 28.0 Å². The fraction of sp³-hybridized carbons (Fsp3) is 0.636. The number of carbonyl (C=O) groups excluding carboxylic acids is 2. The van der Waals surface area contributed by atoms with Gasteiger partial charge in [-0.2, -0.15) is 0 Å². The molecule has 1 aliphatic rings. The van der Waals surface area contributed by atoms with E-state index in [1.165, 1.54) is 0 Å². The van der Waals surface area contributed by atoms with Crippen LogP contribution in [0.5, 0.6) is 0 Å². The Labute approximate surface area is 186 Å². The summed E-state index contributed by atoms with van der Waals surface area (Å²) in [5.74, 6) is -0.600. The first kappa shape index (κ1) is 24.6. The molecule has 30 heavy (non-hydrogen) atoms. The van der Waals surface area contributed by atoms with Crippen molar-refractivity contribution in [1.82, 2.24) is 5.32 Å². The summed E-state index contributed by atoms with van der Waals surface area (Å²) in [5, 5.41) is 2.65. The number of benzene rings is 1. The number of rotatable bonds is 7. The lowest BCUT2D eigenvalue weighted by Crippen LogP contribution is -2.49. The minimum Gasteiger partial charge on any atom is -0.464 e. The minimum atomic E-state index is -1.10. The molecule has 1 aromatic carbocycles. The predicted molar refractivity (Wildman–Crippen MR) is 116 cm³/mol. The van der Waals surface area contributed by atoms with Crippen LogP contribution in [-0.2, 0) is 23.7 Å². The second-order valence-corrected chi connectivity index (χ2v) is 9.21. The summed E-state index contributed by atoms with van der Waals surface area (Å²) in [6, 6.07) is 6.30. The van der Waals surface area contributed by atoms with Gasteiger partial charge in [-0.15, -0.1) is 0 Å². The van der Waals surface area contributed by atoms with E-state index in [2.05, 4.69) is 21.2 Å². The fourth-order valence-corrected chi connectivity index (χ4v) is 3.61. The van der Waals surface area contributed by atoms with E-state index < -0.39 is 36.1 Å². The molecular formula is C22H32BrNO6. The van der Waals surface area contributed by atoms with Crippen LogP contribution in [0.25, 0.3) is 0 Å². The molecule has 1 amide bonds. The highest BCUT2D eigenvalue weighted by Gasteiger charge is 2.37. The zero-order chi connectivity index (χ0) is 22.3. The van der Waals surface area contributed by atoms with Gasteiger partial charge in [-0.05, 0) is 71.6 Å². The van der Waals surface area contributed by atoms with E-state index >= 15 is 0 Å². The van der Waals surface area contributed by atoms with Crippen LogP contribution in [0.1, 0.15) is 65.5 Å². The van der Waals surface area contributed by atoms with Crippen LogP contribution in [-0.4, -0.2) is 42.7 Å². The van der Waals surface area contributed by atoms with Crippen molar-refractivity contribution in [3.8, 4) is 0 Å². The molecule has 0 bridgehead atoms. The van der Waals surface area contributed by atoms with Crippen LogP contribution in [0.4, 0.5) is 4.79 Å². The second kappa shape index (κ2) is 11.1. The van der Waals surface area contributed by atoms with Gasteiger partial charge in [0, 0.05) is 4.47 Å². The van der Waals surface area contributed by atoms with Gasteiger partial charge in [0.1, 0.15) is 11.7 Å². The number of ether oxygens (including phenoxy) is 4. The van der Waals surface area contributed by atoms with Gasteiger partial charge in [-0.25, -0.2) is 9.59 Å². The standard InChI is InChI=1S/C22H32BrNO6/c1-6-27-20(25)18(24-21(26)30-22(3,4)5)19(15-10-8-11-16(23)13-15)29-17-12-7-9-14(2)28-17/h8,10-11,13-14,17-19H,6-7,9,12H2,1-5H3,(H,24,26)/t14-,17+,18-,19+/m0/s1. The Hall–Kier alpha value is -1.64. The average molecular weight is 486 g/mol. The molecule has 8 heteroatoms. The maximum atomic E-state index is 12.8. The van der Waals surface area contributed by atoms with E-state index in [4.69, 9.17) is 18.9 Å². The highest BCUT2D eigenvalue weighted by atomic mass is 79.9. The summed E-state index contributed by atoms with van der Waals surface area (Å²) in [4.78, 5) is 25.3. The molecule has 1 aromatic rings. The van der Waals surface area contributed by atoms with Crippen molar-refractivity contribution in [3.05, 3.63) is 34.3 Å². The number of alkyl carbamates (subject to hydrolysis) is 1. The van der Waals surface area contributed by atoms with Crippen molar-refractivity contribution in [2.45, 2.75) is 84.0 Å². The van der Waals surface area contributed by atoms with Crippen LogP contribution < -0.4 is 5.32 Å². The second-order valence-electron chi connectivity index (χ2n) is 8.29. The summed E-state index contributed by atoms with van der Waals surface area (Å²) >= 11 is 3.46. The van der Waals surface area contributed by atoms with Crippen molar-refractivity contribution in [2.75, 3.05) is 6.61 Å². The Kier molecular flexibility index (Phi) is 9.12. The molecule has 0 radical (unpaired) electrons. The van der Waals surface area contributed by atoms with Gasteiger partial charge < -0.3 is 24.3 Å². The lowest BCUT2D eigenvalue weighted by molar-refractivity contribution is -0.219. The fourth-order valence-electron chi connectivity index (χ4n) is 3.19. The lowest BCUT2D eigenvalue weighted by Gasteiger charge is -2.34. The van der Waals surface area contributed by atoms with E-state index in [0.717, 1.165) is 17.3 Å². The summed E-state index contributed by atoms with van der Waals surface area (Å²) < 4.78 is 23.6. The third-order valence-electron chi connectivity index (χ3n) is 4.43. The number of hydrogen-bond donors (Lipinski definition) is 1. The van der Waals surface area contributed by atoms with E-state index in [9.17, 15) is 9.59 Å². The summed E-state index contributed by atoms with van der Waals surface area (Å²) in [7, 11) is 0. The highest BCUT2D eigenvalue weighted by Crippen LogP contribution is 2.30. The van der Waals surface area contributed by atoms with Gasteiger partial charge in [0.25, 0.3) is 0 Å². The normalized spacial score (nSPS) is 21.4. The molecule has 4 atom stereocenters. The number of halogens is 1. The number of hydrogen-bond acceptors (Lipinski definition) is 6. The molecule has 1 N–H and O–H groups in total. The van der Waals surface area contributed by atoms with Crippen LogP contribution in [0.3, 0.4) is 0 Å². The molecule has 0 aromatic heterocycles. The van der Waals surface area contributed by atoms with Crippen LogP contribution in [0.15, 0.2) is 28.7 Å². The maximum absolute atomic E-state index is 12.8. The molecule has 0 unspecified atom stereocenters. The van der Waals surface area contributed by atoms with Gasteiger partial charge in [0.2, 0.25) is 0 Å². The number of amides is 1. The van der Waals surface area contributed by atoms with Gasteiger partial charge in [0.15, 0.2) is 12.3 Å². The largest absolute Gasteiger partial charge is 0.464 e. The highest BCUT2D eigenvalue weighted by molar-refractivity contribution is 9.10. The van der Waals surface area contributed by atoms with Crippen molar-refractivity contribution < 1.29 is 28.5 Å². The predicted octanol–water partition coefficient (Wildman–Crippen LogP) is 4.88. The monoisotopic (exact) mass is 485 g/mol. The van der Waals surface area contributed by atoms with E-state index in [1.54, 1.807) is 27.7 Å². The zero-order valence-electron chi connectivity index (χ0n) is 18.3. The van der Waals surface area contributed by atoms with Gasteiger partial charge in [-0.1, -0.05) is 28.1 Å². The molecule has 0 saturated carbocycles. The summed E-state index contributed by atoms with van der Waals surface area (Å²) in [5.41, 5.74) is -0.00235. The molecule has 2 rings (SSSR count). The first-order valence-electron chi connectivity index (χ1n) is 10.3. The molecule has 168 valence electrons. The zero-order valence-corrected chi connectivity index (χ0v) is 19.9. The molecule has 7 nitrogen and oxygen atoms in total. The third-order valence-corrected chi connectivity index (χ3v) is 4.92. The Morgan fingerprint density at radius 3 is 2.63 bits per heavy atom. The molecule has 1 aliphatic heterocycles. The topological polar surface area (TPSA) is 83.1 Å². The quantitative estimate of drug-likeness (QED) is 0.554. The SMILES string of the molecule is CCOC(=O)[C@@H](NC(=O)OC(C)(C)C)[C@H](O[C@@H]1CCC[C@H](C)O1)c1cccc(Br)c1. The summed E-state index contributed by atoms with van der Waals surface area (Å²) in [6.45, 7) is 9.14. The van der Waals surface area contributed by atoms with Crippen LogP contribution >= 0.6 is 15.9 Å². The van der Waals surface area contributed by atoms with Crippen molar-refractivity contribution in [2.24, 2.45) is 0 Å². The Balaban J connectivity index is 2.34. The number of carbonyl (C=O) groups is 2. The van der Waals surface area contributed by atoms with Gasteiger partial charge >= 0.3 is 12.1 Å². The van der Waals surface area contributed by atoms with E-state index in [-0.39, 0.29) is 12.7 Å². The lowest BCUT2D eigenvalue weighted by atomic mass is 10.0. The molecule has 1 heterocycles. The first-order chi connectivity index (χ1) is 14.1. The van der Waals surface area contributed by atoms with E-state index in [1.807, 2.05) is 31.2 Å². The molecule has 0 aliphatic carbocycles. The molecular weight excluding hydrogens is 454 g/mol. The number of esters is 1.